The zero-order chi connectivity index (χ0) is 19.1. The fourth-order valence-corrected chi connectivity index (χ4v) is 3.77. The normalized spacial score (nSPS) is 17.8. The largest absolute Gasteiger partial charge is 0.382 e. The Morgan fingerprint density at radius 1 is 1.37 bits per heavy atom. The number of aromatic nitrogens is 1. The van der Waals surface area contributed by atoms with E-state index >= 15 is 0 Å². The maximum atomic E-state index is 5.68. The lowest BCUT2D eigenvalue weighted by atomic mass is 10.1. The topological polar surface area (TPSA) is 61.9 Å². The molecule has 2 aromatic rings. The van der Waals surface area contributed by atoms with Gasteiger partial charge in [0.05, 0.1) is 19.8 Å². The smallest absolute Gasteiger partial charge is 0.193 e. The van der Waals surface area contributed by atoms with E-state index in [0.29, 0.717) is 19.1 Å². The van der Waals surface area contributed by atoms with Gasteiger partial charge >= 0.3 is 0 Å². The monoisotopic (exact) mass is 372 g/mol. The first-order valence-electron chi connectivity index (χ1n) is 9.80. The number of guanidine groups is 1. The highest BCUT2D eigenvalue weighted by molar-refractivity contribution is 5.86. The van der Waals surface area contributed by atoms with E-state index in [9.17, 15) is 0 Å². The molecule has 0 spiro atoms. The number of methoxy groups -OCH3 is 1. The van der Waals surface area contributed by atoms with Crippen molar-refractivity contribution in [3.05, 3.63) is 35.5 Å². The van der Waals surface area contributed by atoms with Crippen molar-refractivity contribution < 1.29 is 9.47 Å². The first-order chi connectivity index (χ1) is 13.2. The van der Waals surface area contributed by atoms with Crippen LogP contribution >= 0.6 is 0 Å². The predicted molar refractivity (Wildman–Crippen MR) is 110 cm³/mol. The summed E-state index contributed by atoms with van der Waals surface area (Å²) in [5.41, 5.74) is 3.88. The van der Waals surface area contributed by atoms with Gasteiger partial charge in [0.1, 0.15) is 0 Å². The molecule has 0 radical (unpaired) electrons. The average Bonchev–Trinajstić information content (AvgIpc) is 3.31. The van der Waals surface area contributed by atoms with Crippen LogP contribution in [0.4, 0.5) is 0 Å². The van der Waals surface area contributed by atoms with Crippen molar-refractivity contribution in [3.8, 4) is 0 Å². The quantitative estimate of drug-likeness (QED) is 0.425. The molecule has 0 amide bonds. The molecule has 3 rings (SSSR count). The number of aromatic amines is 1. The summed E-state index contributed by atoms with van der Waals surface area (Å²) in [6.07, 6.45) is 4.25. The molecule has 6 nitrogen and oxygen atoms in total. The summed E-state index contributed by atoms with van der Waals surface area (Å²) in [6.45, 7) is 7.18. The van der Waals surface area contributed by atoms with Crippen LogP contribution in [0.2, 0.25) is 0 Å². The number of para-hydroxylation sites is 1. The second-order valence-electron chi connectivity index (χ2n) is 7.20. The molecule has 2 heterocycles. The van der Waals surface area contributed by atoms with E-state index < -0.39 is 0 Å². The third kappa shape index (κ3) is 5.02. The van der Waals surface area contributed by atoms with Gasteiger partial charge in [-0.2, -0.15) is 0 Å². The lowest BCUT2D eigenvalue weighted by Crippen LogP contribution is -2.41. The lowest BCUT2D eigenvalue weighted by molar-refractivity contribution is 0.0536. The molecular formula is C21H32N4O2. The fraction of sp³-hybridized carbons (Fsp3) is 0.571. The average molecular weight is 373 g/mol. The summed E-state index contributed by atoms with van der Waals surface area (Å²) >= 11 is 0. The van der Waals surface area contributed by atoms with Gasteiger partial charge in [0.15, 0.2) is 5.96 Å². The molecule has 1 atom stereocenters. The lowest BCUT2D eigenvalue weighted by Gasteiger charge is -2.21. The van der Waals surface area contributed by atoms with E-state index in [1.165, 1.54) is 22.0 Å². The van der Waals surface area contributed by atoms with Crippen LogP contribution in [0.5, 0.6) is 0 Å². The number of nitrogens with zero attached hydrogens (tertiary/aromatic N) is 2. The molecule has 1 aliphatic heterocycles. The second-order valence-corrected chi connectivity index (χ2v) is 7.20. The molecule has 1 aromatic carbocycles. The SMILES string of the molecule is CN=C(NCCc1c[nH]c2c(C)cccc12)N1CCC(COCCOC)C1. The Morgan fingerprint density at radius 3 is 3.07 bits per heavy atom. The van der Waals surface area contributed by atoms with Gasteiger partial charge < -0.3 is 24.7 Å². The Balaban J connectivity index is 1.46. The summed E-state index contributed by atoms with van der Waals surface area (Å²) in [5.74, 6) is 1.56. The zero-order valence-electron chi connectivity index (χ0n) is 16.8. The molecule has 27 heavy (non-hydrogen) atoms. The molecule has 1 unspecified atom stereocenters. The Morgan fingerprint density at radius 2 is 2.26 bits per heavy atom. The number of aliphatic imine (C=N–C) groups is 1. The molecule has 0 aliphatic carbocycles. The maximum absolute atomic E-state index is 5.68. The molecule has 1 saturated heterocycles. The Hall–Kier alpha value is -2.05. The summed E-state index contributed by atoms with van der Waals surface area (Å²) in [6, 6.07) is 6.46. The van der Waals surface area contributed by atoms with Gasteiger partial charge in [0.2, 0.25) is 0 Å². The third-order valence-corrected chi connectivity index (χ3v) is 5.27. The summed E-state index contributed by atoms with van der Waals surface area (Å²) in [4.78, 5) is 10.2. The van der Waals surface area contributed by atoms with Crippen LogP contribution in [-0.4, -0.2) is 69.5 Å². The van der Waals surface area contributed by atoms with Crippen LogP contribution < -0.4 is 5.32 Å². The first-order valence-corrected chi connectivity index (χ1v) is 9.80. The summed E-state index contributed by atoms with van der Waals surface area (Å²) < 4.78 is 10.7. The van der Waals surface area contributed by atoms with E-state index in [0.717, 1.165) is 45.0 Å². The molecule has 148 valence electrons. The highest BCUT2D eigenvalue weighted by atomic mass is 16.5. The van der Waals surface area contributed by atoms with Crippen molar-refractivity contribution in [2.45, 2.75) is 19.8 Å². The first kappa shape index (κ1) is 19.7. The predicted octanol–water partition coefficient (Wildman–Crippen LogP) is 2.58. The van der Waals surface area contributed by atoms with Crippen molar-refractivity contribution >= 4 is 16.9 Å². The van der Waals surface area contributed by atoms with E-state index in [-0.39, 0.29) is 0 Å². The van der Waals surface area contributed by atoms with E-state index in [1.807, 2.05) is 7.05 Å². The van der Waals surface area contributed by atoms with Crippen molar-refractivity contribution in [1.29, 1.82) is 0 Å². The molecule has 6 heteroatoms. The number of likely N-dealkylation sites (tertiary alicyclic amines) is 1. The molecule has 2 N–H and O–H groups in total. The minimum atomic E-state index is 0.567. The third-order valence-electron chi connectivity index (χ3n) is 5.27. The van der Waals surface area contributed by atoms with E-state index in [2.05, 4.69) is 51.5 Å². The van der Waals surface area contributed by atoms with Crippen LogP contribution in [0.1, 0.15) is 17.5 Å². The number of rotatable bonds is 8. The van der Waals surface area contributed by atoms with E-state index in [4.69, 9.17) is 9.47 Å². The van der Waals surface area contributed by atoms with Gasteiger partial charge in [-0.25, -0.2) is 0 Å². The van der Waals surface area contributed by atoms with Gasteiger partial charge in [-0.05, 0) is 30.9 Å². The zero-order valence-corrected chi connectivity index (χ0v) is 16.8. The maximum Gasteiger partial charge on any atom is 0.193 e. The van der Waals surface area contributed by atoms with Crippen molar-refractivity contribution in [3.63, 3.8) is 0 Å². The molecule has 0 saturated carbocycles. The molecule has 1 fully saturated rings. The van der Waals surface area contributed by atoms with Gasteiger partial charge in [-0.15, -0.1) is 0 Å². The highest BCUT2D eigenvalue weighted by Gasteiger charge is 2.24. The number of hydrogen-bond donors (Lipinski definition) is 2. The second kappa shape index (κ2) is 9.76. The molecule has 1 aromatic heterocycles. The standard InChI is InChI=1S/C21H32N4O2/c1-16-5-4-6-19-18(13-24-20(16)19)7-9-23-21(22-2)25-10-8-17(14-25)15-27-12-11-26-3/h4-6,13,17,24H,7-12,14-15H2,1-3H3,(H,22,23). The summed E-state index contributed by atoms with van der Waals surface area (Å²) in [5, 5.41) is 4.85. The van der Waals surface area contributed by atoms with Crippen molar-refractivity contribution in [1.82, 2.24) is 15.2 Å². The number of aryl methyl sites for hydroxylation is 1. The van der Waals surface area contributed by atoms with Gasteiger partial charge in [-0.1, -0.05) is 18.2 Å². The van der Waals surface area contributed by atoms with Crippen molar-refractivity contribution in [2.24, 2.45) is 10.9 Å². The van der Waals surface area contributed by atoms with E-state index in [1.54, 1.807) is 7.11 Å². The highest BCUT2D eigenvalue weighted by Crippen LogP contribution is 2.21. The van der Waals surface area contributed by atoms with Crippen LogP contribution in [0.3, 0.4) is 0 Å². The molecular weight excluding hydrogens is 340 g/mol. The number of fused-ring (bicyclic) bond motifs is 1. The van der Waals surface area contributed by atoms with Crippen molar-refractivity contribution in [2.75, 3.05) is 53.6 Å². The summed E-state index contributed by atoms with van der Waals surface area (Å²) in [7, 11) is 3.56. The Labute approximate surface area is 161 Å². The number of H-pyrrole nitrogens is 1. The van der Waals surface area contributed by atoms with Crippen LogP contribution in [0.15, 0.2) is 29.4 Å². The van der Waals surface area contributed by atoms with Gasteiger partial charge in [0, 0.05) is 56.8 Å². The van der Waals surface area contributed by atoms with Crippen LogP contribution in [0, 0.1) is 12.8 Å². The van der Waals surface area contributed by atoms with Crippen LogP contribution in [-0.2, 0) is 15.9 Å². The Kier molecular flexibility index (Phi) is 7.12. The number of nitrogens with one attached hydrogen (secondary N) is 2. The fourth-order valence-electron chi connectivity index (χ4n) is 3.77. The number of hydrogen-bond acceptors (Lipinski definition) is 3. The van der Waals surface area contributed by atoms with Gasteiger partial charge in [-0.3, -0.25) is 4.99 Å². The van der Waals surface area contributed by atoms with Gasteiger partial charge in [0.25, 0.3) is 0 Å². The number of ether oxygens (including phenoxy) is 2. The van der Waals surface area contributed by atoms with Crippen LogP contribution in [0.25, 0.3) is 10.9 Å². The Bertz CT molecular complexity index is 756. The molecule has 1 aliphatic rings. The minimum Gasteiger partial charge on any atom is -0.382 e. The number of benzene rings is 1. The minimum absolute atomic E-state index is 0.567. The molecule has 0 bridgehead atoms.